The zero-order valence-corrected chi connectivity index (χ0v) is 9.88. The van der Waals surface area contributed by atoms with Crippen LogP contribution in [0.2, 0.25) is 0 Å². The molecule has 0 aliphatic rings. The standard InChI is InChI=1S/C15H13N3/c1-2-8-17-13(5-1)11-18-15-6-3-4-12-10-16-9-7-14(12)15/h1-10,18H,11H2. The monoisotopic (exact) mass is 235 g/mol. The van der Waals surface area contributed by atoms with E-state index in [0.29, 0.717) is 0 Å². The molecule has 0 saturated carbocycles. The highest BCUT2D eigenvalue weighted by molar-refractivity contribution is 5.93. The molecule has 0 unspecified atom stereocenters. The molecule has 1 N–H and O–H groups in total. The first kappa shape index (κ1) is 10.7. The molecule has 3 aromatic rings. The van der Waals surface area contributed by atoms with Gasteiger partial charge < -0.3 is 5.32 Å². The van der Waals surface area contributed by atoms with Crippen molar-refractivity contribution < 1.29 is 0 Å². The van der Waals surface area contributed by atoms with E-state index >= 15 is 0 Å². The van der Waals surface area contributed by atoms with E-state index in [1.165, 1.54) is 5.39 Å². The van der Waals surface area contributed by atoms with E-state index in [2.05, 4.69) is 27.4 Å². The van der Waals surface area contributed by atoms with E-state index in [1.54, 1.807) is 0 Å². The second kappa shape index (κ2) is 4.84. The Labute approximate surface area is 106 Å². The molecule has 1 aromatic carbocycles. The summed E-state index contributed by atoms with van der Waals surface area (Å²) in [6.07, 6.45) is 5.50. The molecule has 88 valence electrons. The molecule has 2 heterocycles. The number of anilines is 1. The summed E-state index contributed by atoms with van der Waals surface area (Å²) >= 11 is 0. The van der Waals surface area contributed by atoms with Crippen LogP contribution in [-0.4, -0.2) is 9.97 Å². The highest BCUT2D eigenvalue weighted by atomic mass is 14.9. The zero-order chi connectivity index (χ0) is 12.2. The molecule has 0 radical (unpaired) electrons. The number of nitrogens with one attached hydrogen (secondary N) is 1. The number of nitrogens with zero attached hydrogens (tertiary/aromatic N) is 2. The first-order chi connectivity index (χ1) is 8.93. The van der Waals surface area contributed by atoms with Gasteiger partial charge in [0.05, 0.1) is 12.2 Å². The molecule has 0 saturated heterocycles. The van der Waals surface area contributed by atoms with Crippen molar-refractivity contribution in [3.8, 4) is 0 Å². The molecule has 3 heteroatoms. The fraction of sp³-hybridized carbons (Fsp3) is 0.0667. The van der Waals surface area contributed by atoms with Crippen molar-refractivity contribution in [3.05, 3.63) is 66.7 Å². The summed E-state index contributed by atoms with van der Waals surface area (Å²) in [5.41, 5.74) is 2.14. The Morgan fingerprint density at radius 2 is 1.94 bits per heavy atom. The van der Waals surface area contributed by atoms with Gasteiger partial charge in [0.1, 0.15) is 0 Å². The number of fused-ring (bicyclic) bond motifs is 1. The van der Waals surface area contributed by atoms with Crippen LogP contribution in [0.25, 0.3) is 10.8 Å². The predicted octanol–water partition coefficient (Wildman–Crippen LogP) is 3.24. The van der Waals surface area contributed by atoms with E-state index in [4.69, 9.17) is 0 Å². The maximum Gasteiger partial charge on any atom is 0.0594 e. The van der Waals surface area contributed by atoms with Crippen molar-refractivity contribution in [2.45, 2.75) is 6.54 Å². The fourth-order valence-electron chi connectivity index (χ4n) is 1.97. The molecule has 0 spiro atoms. The van der Waals surface area contributed by atoms with Gasteiger partial charge in [-0.2, -0.15) is 0 Å². The minimum atomic E-state index is 0.724. The topological polar surface area (TPSA) is 37.8 Å². The molecule has 0 aliphatic heterocycles. The van der Waals surface area contributed by atoms with Gasteiger partial charge in [0, 0.05) is 35.1 Å². The highest BCUT2D eigenvalue weighted by Crippen LogP contribution is 2.22. The summed E-state index contributed by atoms with van der Waals surface area (Å²) in [6.45, 7) is 0.724. The first-order valence-corrected chi connectivity index (χ1v) is 5.90. The summed E-state index contributed by atoms with van der Waals surface area (Å²) in [7, 11) is 0. The maximum absolute atomic E-state index is 4.30. The van der Waals surface area contributed by atoms with Crippen LogP contribution in [0.5, 0.6) is 0 Å². The number of benzene rings is 1. The van der Waals surface area contributed by atoms with Gasteiger partial charge in [-0.15, -0.1) is 0 Å². The molecule has 0 aliphatic carbocycles. The van der Waals surface area contributed by atoms with Crippen molar-refractivity contribution in [1.29, 1.82) is 0 Å². The van der Waals surface area contributed by atoms with Crippen LogP contribution >= 0.6 is 0 Å². The first-order valence-electron chi connectivity index (χ1n) is 5.90. The van der Waals surface area contributed by atoms with Gasteiger partial charge in [-0.05, 0) is 24.3 Å². The number of hydrogen-bond donors (Lipinski definition) is 1. The van der Waals surface area contributed by atoms with E-state index < -0.39 is 0 Å². The lowest BCUT2D eigenvalue weighted by Gasteiger charge is -2.08. The molecule has 0 fully saturated rings. The Hall–Kier alpha value is -2.42. The predicted molar refractivity (Wildman–Crippen MR) is 73.3 cm³/mol. The number of aromatic nitrogens is 2. The average Bonchev–Trinajstić information content (AvgIpc) is 2.46. The summed E-state index contributed by atoms with van der Waals surface area (Å²) in [5, 5.41) is 5.74. The maximum atomic E-state index is 4.30. The van der Waals surface area contributed by atoms with E-state index in [1.807, 2.05) is 48.9 Å². The Kier molecular flexibility index (Phi) is 2.88. The van der Waals surface area contributed by atoms with Gasteiger partial charge in [-0.1, -0.05) is 18.2 Å². The van der Waals surface area contributed by atoms with Gasteiger partial charge in [0.2, 0.25) is 0 Å². The van der Waals surface area contributed by atoms with Crippen LogP contribution in [-0.2, 0) is 6.54 Å². The van der Waals surface area contributed by atoms with Crippen LogP contribution in [0.3, 0.4) is 0 Å². The molecule has 2 aromatic heterocycles. The smallest absolute Gasteiger partial charge is 0.0594 e. The van der Waals surface area contributed by atoms with Crippen LogP contribution in [0.1, 0.15) is 5.69 Å². The Morgan fingerprint density at radius 3 is 2.83 bits per heavy atom. The van der Waals surface area contributed by atoms with Crippen LogP contribution in [0, 0.1) is 0 Å². The molecule has 0 amide bonds. The van der Waals surface area contributed by atoms with Gasteiger partial charge in [0.15, 0.2) is 0 Å². The van der Waals surface area contributed by atoms with Gasteiger partial charge >= 0.3 is 0 Å². The lowest BCUT2D eigenvalue weighted by atomic mass is 10.1. The average molecular weight is 235 g/mol. The minimum absolute atomic E-state index is 0.724. The second-order valence-corrected chi connectivity index (χ2v) is 4.08. The van der Waals surface area contributed by atoms with E-state index in [0.717, 1.165) is 23.3 Å². The van der Waals surface area contributed by atoms with E-state index in [-0.39, 0.29) is 0 Å². The molecule has 18 heavy (non-hydrogen) atoms. The Balaban J connectivity index is 1.87. The number of hydrogen-bond acceptors (Lipinski definition) is 3. The van der Waals surface area contributed by atoms with Crippen molar-refractivity contribution in [2.24, 2.45) is 0 Å². The van der Waals surface area contributed by atoms with Crippen LogP contribution in [0.4, 0.5) is 5.69 Å². The molecule has 0 bridgehead atoms. The molecule has 3 rings (SSSR count). The third-order valence-electron chi connectivity index (χ3n) is 2.87. The quantitative estimate of drug-likeness (QED) is 0.757. The molecule has 0 atom stereocenters. The molecular weight excluding hydrogens is 222 g/mol. The highest BCUT2D eigenvalue weighted by Gasteiger charge is 2.00. The normalized spacial score (nSPS) is 10.4. The Morgan fingerprint density at radius 1 is 0.944 bits per heavy atom. The van der Waals surface area contributed by atoms with Gasteiger partial charge in [-0.3, -0.25) is 9.97 Å². The summed E-state index contributed by atoms with van der Waals surface area (Å²) in [6, 6.07) is 14.1. The number of pyridine rings is 2. The second-order valence-electron chi connectivity index (χ2n) is 4.08. The summed E-state index contributed by atoms with van der Waals surface area (Å²) in [5.74, 6) is 0. The van der Waals surface area contributed by atoms with Crippen molar-refractivity contribution >= 4 is 16.5 Å². The van der Waals surface area contributed by atoms with Crippen molar-refractivity contribution in [3.63, 3.8) is 0 Å². The van der Waals surface area contributed by atoms with E-state index in [9.17, 15) is 0 Å². The van der Waals surface area contributed by atoms with Crippen molar-refractivity contribution in [1.82, 2.24) is 9.97 Å². The third-order valence-corrected chi connectivity index (χ3v) is 2.87. The lowest BCUT2D eigenvalue weighted by molar-refractivity contribution is 1.05. The lowest BCUT2D eigenvalue weighted by Crippen LogP contribution is -2.01. The van der Waals surface area contributed by atoms with Gasteiger partial charge in [0.25, 0.3) is 0 Å². The fourth-order valence-corrected chi connectivity index (χ4v) is 1.97. The molecular formula is C15H13N3. The largest absolute Gasteiger partial charge is 0.379 e. The summed E-state index contributed by atoms with van der Waals surface area (Å²) in [4.78, 5) is 8.43. The minimum Gasteiger partial charge on any atom is -0.379 e. The van der Waals surface area contributed by atoms with Crippen molar-refractivity contribution in [2.75, 3.05) is 5.32 Å². The molecule has 3 nitrogen and oxygen atoms in total. The summed E-state index contributed by atoms with van der Waals surface area (Å²) < 4.78 is 0. The zero-order valence-electron chi connectivity index (χ0n) is 9.88. The SMILES string of the molecule is c1ccc(CNc2cccc3cnccc23)nc1. The number of rotatable bonds is 3. The van der Waals surface area contributed by atoms with Gasteiger partial charge in [-0.25, -0.2) is 0 Å². The van der Waals surface area contributed by atoms with Crippen LogP contribution < -0.4 is 5.32 Å². The van der Waals surface area contributed by atoms with Crippen LogP contribution in [0.15, 0.2) is 61.1 Å². The Bertz CT molecular complexity index is 645. The third kappa shape index (κ3) is 2.15.